The van der Waals surface area contributed by atoms with Crippen LogP contribution in [0, 0.1) is 6.92 Å². The highest BCUT2D eigenvalue weighted by Gasteiger charge is 2.06. The van der Waals surface area contributed by atoms with E-state index in [0.717, 1.165) is 23.2 Å². The average Bonchev–Trinajstić information content (AvgIpc) is 2.72. The summed E-state index contributed by atoms with van der Waals surface area (Å²) in [6, 6.07) is 15.2. The number of ether oxygens (including phenoxy) is 1. The van der Waals surface area contributed by atoms with Crippen LogP contribution >= 0.6 is 11.6 Å². The fourth-order valence-corrected chi connectivity index (χ4v) is 2.73. The van der Waals surface area contributed by atoms with Crippen molar-refractivity contribution in [2.45, 2.75) is 13.3 Å². The summed E-state index contributed by atoms with van der Waals surface area (Å²) in [5.41, 5.74) is 8.64. The van der Waals surface area contributed by atoms with Crippen LogP contribution in [0.5, 0.6) is 5.75 Å². The van der Waals surface area contributed by atoms with Gasteiger partial charge in [0.05, 0.1) is 0 Å². The zero-order chi connectivity index (χ0) is 20.6. The van der Waals surface area contributed by atoms with Gasteiger partial charge in [-0.15, -0.1) is 0 Å². The van der Waals surface area contributed by atoms with E-state index in [-0.39, 0.29) is 18.3 Å². The SMILES string of the molecule is Cc1ccc(NC(=O)COc2ccc(CCNc3ncnc(N)c3Cl)cc2)cc1. The Labute approximate surface area is 174 Å². The second-order valence-electron chi connectivity index (χ2n) is 6.45. The first-order valence-corrected chi connectivity index (χ1v) is 9.47. The number of halogens is 1. The van der Waals surface area contributed by atoms with Crippen molar-refractivity contribution >= 4 is 34.8 Å². The number of nitrogens with two attached hydrogens (primary N) is 1. The predicted molar refractivity (Wildman–Crippen MR) is 115 cm³/mol. The van der Waals surface area contributed by atoms with Crippen LogP contribution in [-0.4, -0.2) is 29.0 Å². The van der Waals surface area contributed by atoms with E-state index in [9.17, 15) is 4.79 Å². The molecule has 3 aromatic rings. The van der Waals surface area contributed by atoms with Crippen LogP contribution in [0.2, 0.25) is 5.02 Å². The van der Waals surface area contributed by atoms with Gasteiger partial charge in [0, 0.05) is 12.2 Å². The van der Waals surface area contributed by atoms with E-state index in [1.54, 1.807) is 0 Å². The van der Waals surface area contributed by atoms with Gasteiger partial charge < -0.3 is 21.1 Å². The molecule has 150 valence electrons. The number of nitrogens with zero attached hydrogens (tertiary/aromatic N) is 2. The van der Waals surface area contributed by atoms with E-state index < -0.39 is 0 Å². The van der Waals surface area contributed by atoms with Crippen LogP contribution in [0.3, 0.4) is 0 Å². The topological polar surface area (TPSA) is 102 Å². The van der Waals surface area contributed by atoms with Crippen molar-refractivity contribution in [1.29, 1.82) is 0 Å². The monoisotopic (exact) mass is 411 g/mol. The third-order valence-electron chi connectivity index (χ3n) is 4.15. The van der Waals surface area contributed by atoms with Gasteiger partial charge in [0.2, 0.25) is 0 Å². The Morgan fingerprint density at radius 1 is 1.10 bits per heavy atom. The van der Waals surface area contributed by atoms with Crippen molar-refractivity contribution in [2.24, 2.45) is 0 Å². The first-order chi connectivity index (χ1) is 14.0. The zero-order valence-electron chi connectivity index (χ0n) is 16.0. The van der Waals surface area contributed by atoms with Gasteiger partial charge in [-0.25, -0.2) is 9.97 Å². The molecule has 0 unspecified atom stereocenters. The van der Waals surface area contributed by atoms with Crippen molar-refractivity contribution in [3.63, 3.8) is 0 Å². The van der Waals surface area contributed by atoms with Crippen LogP contribution < -0.4 is 21.1 Å². The van der Waals surface area contributed by atoms with Crippen molar-refractivity contribution < 1.29 is 9.53 Å². The van der Waals surface area contributed by atoms with Gasteiger partial charge in [0.25, 0.3) is 5.91 Å². The maximum Gasteiger partial charge on any atom is 0.262 e. The van der Waals surface area contributed by atoms with Gasteiger partial charge >= 0.3 is 0 Å². The minimum absolute atomic E-state index is 0.0532. The Bertz CT molecular complexity index is 962. The minimum Gasteiger partial charge on any atom is -0.484 e. The summed E-state index contributed by atoms with van der Waals surface area (Å²) in [4.78, 5) is 19.9. The molecule has 4 N–H and O–H groups in total. The number of nitrogens with one attached hydrogen (secondary N) is 2. The lowest BCUT2D eigenvalue weighted by atomic mass is 10.1. The molecule has 2 aromatic carbocycles. The summed E-state index contributed by atoms with van der Waals surface area (Å²) in [7, 11) is 0. The third-order valence-corrected chi connectivity index (χ3v) is 4.52. The molecule has 0 saturated carbocycles. The number of benzene rings is 2. The van der Waals surface area contributed by atoms with Crippen LogP contribution in [0.25, 0.3) is 0 Å². The first kappa shape index (κ1) is 20.4. The van der Waals surface area contributed by atoms with Gasteiger partial charge in [-0.1, -0.05) is 41.4 Å². The smallest absolute Gasteiger partial charge is 0.262 e. The molecule has 0 bridgehead atoms. The summed E-state index contributed by atoms with van der Waals surface area (Å²) in [5.74, 6) is 1.19. The number of hydrogen-bond donors (Lipinski definition) is 3. The summed E-state index contributed by atoms with van der Waals surface area (Å²) in [6.45, 7) is 2.58. The average molecular weight is 412 g/mol. The van der Waals surface area contributed by atoms with Gasteiger partial charge in [-0.3, -0.25) is 4.79 Å². The molecular weight excluding hydrogens is 390 g/mol. The quantitative estimate of drug-likeness (QED) is 0.522. The highest BCUT2D eigenvalue weighted by molar-refractivity contribution is 6.35. The molecule has 0 radical (unpaired) electrons. The molecule has 0 fully saturated rings. The maximum atomic E-state index is 12.0. The number of hydrogen-bond acceptors (Lipinski definition) is 6. The van der Waals surface area contributed by atoms with E-state index in [4.69, 9.17) is 22.1 Å². The van der Waals surface area contributed by atoms with Crippen molar-refractivity contribution in [3.8, 4) is 5.75 Å². The Balaban J connectivity index is 1.43. The lowest BCUT2D eigenvalue weighted by molar-refractivity contribution is -0.118. The van der Waals surface area contributed by atoms with Crippen LogP contribution in [0.1, 0.15) is 11.1 Å². The number of aromatic nitrogens is 2. The minimum atomic E-state index is -0.205. The molecule has 0 atom stereocenters. The second kappa shape index (κ2) is 9.75. The van der Waals surface area contributed by atoms with Crippen LogP contribution in [-0.2, 0) is 11.2 Å². The molecule has 1 amide bonds. The highest BCUT2D eigenvalue weighted by atomic mass is 35.5. The molecule has 8 heteroatoms. The second-order valence-corrected chi connectivity index (χ2v) is 6.82. The van der Waals surface area contributed by atoms with E-state index in [1.165, 1.54) is 6.33 Å². The van der Waals surface area contributed by atoms with Crippen molar-refractivity contribution in [3.05, 3.63) is 71.0 Å². The molecule has 1 aromatic heterocycles. The van der Waals surface area contributed by atoms with Crippen LogP contribution in [0.4, 0.5) is 17.3 Å². The Kier molecular flexibility index (Phi) is 6.86. The molecule has 0 aliphatic heterocycles. The molecule has 7 nitrogen and oxygen atoms in total. The third kappa shape index (κ3) is 6.08. The molecule has 0 aliphatic rings. The molecular formula is C21H22ClN5O2. The molecule has 3 rings (SSSR count). The lowest BCUT2D eigenvalue weighted by Gasteiger charge is -2.10. The number of carbonyl (C=O) groups is 1. The summed E-state index contributed by atoms with van der Waals surface area (Å²) < 4.78 is 5.55. The first-order valence-electron chi connectivity index (χ1n) is 9.09. The molecule has 0 spiro atoms. The summed E-state index contributed by atoms with van der Waals surface area (Å²) in [6.07, 6.45) is 2.12. The number of nitrogen functional groups attached to an aromatic ring is 1. The van der Waals surface area contributed by atoms with Gasteiger partial charge in [0.15, 0.2) is 6.61 Å². The largest absolute Gasteiger partial charge is 0.484 e. The van der Waals surface area contributed by atoms with Gasteiger partial charge in [-0.2, -0.15) is 0 Å². The molecule has 0 saturated heterocycles. The number of amides is 1. The number of anilines is 3. The molecule has 0 aliphatic carbocycles. The fraction of sp³-hybridized carbons (Fsp3) is 0.190. The van der Waals surface area contributed by atoms with Gasteiger partial charge in [0.1, 0.15) is 28.7 Å². The lowest BCUT2D eigenvalue weighted by Crippen LogP contribution is -2.20. The Hall–Kier alpha value is -3.32. The number of rotatable bonds is 8. The number of aryl methyl sites for hydroxylation is 1. The fourth-order valence-electron chi connectivity index (χ4n) is 2.57. The number of carbonyl (C=O) groups excluding carboxylic acids is 1. The van der Waals surface area contributed by atoms with E-state index >= 15 is 0 Å². The maximum absolute atomic E-state index is 12.0. The van der Waals surface area contributed by atoms with E-state index in [2.05, 4.69) is 20.6 Å². The highest BCUT2D eigenvalue weighted by Crippen LogP contribution is 2.23. The van der Waals surface area contributed by atoms with E-state index in [1.807, 2.05) is 55.5 Å². The molecule has 29 heavy (non-hydrogen) atoms. The van der Waals surface area contributed by atoms with Crippen molar-refractivity contribution in [2.75, 3.05) is 29.5 Å². The Morgan fingerprint density at radius 3 is 2.55 bits per heavy atom. The van der Waals surface area contributed by atoms with E-state index in [0.29, 0.717) is 23.1 Å². The summed E-state index contributed by atoms with van der Waals surface area (Å²) in [5, 5.41) is 6.26. The normalized spacial score (nSPS) is 10.4. The van der Waals surface area contributed by atoms with Gasteiger partial charge in [-0.05, 0) is 43.2 Å². The summed E-state index contributed by atoms with van der Waals surface area (Å²) >= 11 is 6.05. The Morgan fingerprint density at radius 2 is 1.83 bits per heavy atom. The van der Waals surface area contributed by atoms with Crippen molar-refractivity contribution in [1.82, 2.24) is 9.97 Å². The predicted octanol–water partition coefficient (Wildman–Crippen LogP) is 3.69. The standard InChI is InChI=1S/C21H22ClN5O2/c1-14-2-6-16(7-3-14)27-18(28)12-29-17-8-4-15(5-9-17)10-11-24-21-19(22)20(23)25-13-26-21/h2-9,13H,10-12H2,1H3,(H,27,28)(H3,23,24,25,26). The zero-order valence-corrected chi connectivity index (χ0v) is 16.7. The molecule has 1 heterocycles. The van der Waals surface area contributed by atoms with Crippen LogP contribution in [0.15, 0.2) is 54.9 Å².